The Morgan fingerprint density at radius 2 is 1.67 bits per heavy atom. The van der Waals surface area contributed by atoms with Crippen LogP contribution < -0.4 is 5.32 Å². The zero-order chi connectivity index (χ0) is 14.6. The number of hydrogen-bond acceptors (Lipinski definition) is 1. The summed E-state index contributed by atoms with van der Waals surface area (Å²) in [4.78, 5) is 12.6. The van der Waals surface area contributed by atoms with E-state index < -0.39 is 0 Å². The third kappa shape index (κ3) is 2.63. The van der Waals surface area contributed by atoms with Gasteiger partial charge in [0.2, 0.25) is 0 Å². The van der Waals surface area contributed by atoms with Gasteiger partial charge in [0, 0.05) is 20.6 Å². The number of benzene rings is 1. The molecule has 0 atom stereocenters. The highest BCUT2D eigenvalue weighted by Gasteiger charge is 2.51. The smallest absolute Gasteiger partial charge is 0.251 e. The number of carbonyl (C=O) groups excluding carboxylic acids is 1. The van der Waals surface area contributed by atoms with E-state index in [1.165, 1.54) is 38.5 Å². The predicted octanol–water partition coefficient (Wildman–Crippen LogP) is 4.80. The van der Waals surface area contributed by atoms with Crippen LogP contribution in [0.25, 0.3) is 0 Å². The van der Waals surface area contributed by atoms with Gasteiger partial charge in [-0.05, 0) is 74.5 Å². The topological polar surface area (TPSA) is 29.1 Å². The van der Waals surface area contributed by atoms with Crippen LogP contribution in [0.15, 0.2) is 22.7 Å². The van der Waals surface area contributed by atoms with Crippen molar-refractivity contribution in [2.45, 2.75) is 44.1 Å². The third-order valence-electron chi connectivity index (χ3n) is 5.54. The van der Waals surface area contributed by atoms with Crippen molar-refractivity contribution in [3.63, 3.8) is 0 Å². The second-order valence-corrected chi connectivity index (χ2v) is 8.66. The molecule has 0 radical (unpaired) electrons. The number of hydrogen-bond donors (Lipinski definition) is 1. The lowest BCUT2D eigenvalue weighted by atomic mass is 9.53. The first-order valence-corrected chi connectivity index (χ1v) is 8.97. The molecule has 1 aromatic rings. The maximum absolute atomic E-state index is 12.6. The number of amides is 1. The first kappa shape index (κ1) is 14.1. The quantitative estimate of drug-likeness (QED) is 0.798. The van der Waals surface area contributed by atoms with Crippen LogP contribution in [0, 0.1) is 17.8 Å². The van der Waals surface area contributed by atoms with Crippen molar-refractivity contribution in [3.05, 3.63) is 33.3 Å². The lowest BCUT2D eigenvalue weighted by Gasteiger charge is -2.56. The van der Waals surface area contributed by atoms with Crippen LogP contribution in [0.2, 0.25) is 5.02 Å². The highest BCUT2D eigenvalue weighted by Crippen LogP contribution is 2.55. The monoisotopic (exact) mass is 367 g/mol. The Hall–Kier alpha value is -0.540. The highest BCUT2D eigenvalue weighted by molar-refractivity contribution is 9.10. The van der Waals surface area contributed by atoms with Crippen LogP contribution in [-0.4, -0.2) is 11.4 Å². The number of rotatable bonds is 2. The van der Waals surface area contributed by atoms with Crippen molar-refractivity contribution < 1.29 is 4.79 Å². The summed E-state index contributed by atoms with van der Waals surface area (Å²) in [6.07, 6.45) is 7.68. The molecular formula is C17H19BrClNO. The zero-order valence-electron chi connectivity index (χ0n) is 11.9. The Kier molecular flexibility index (Phi) is 3.34. The molecule has 0 spiro atoms. The van der Waals surface area contributed by atoms with Crippen LogP contribution >= 0.6 is 27.5 Å². The second-order valence-electron chi connectivity index (χ2n) is 7.31. The second kappa shape index (κ2) is 4.99. The lowest BCUT2D eigenvalue weighted by molar-refractivity contribution is -0.0167. The minimum Gasteiger partial charge on any atom is -0.347 e. The number of nitrogens with one attached hydrogen (secondary N) is 1. The molecule has 1 aromatic carbocycles. The Labute approximate surface area is 138 Å². The van der Waals surface area contributed by atoms with Gasteiger partial charge >= 0.3 is 0 Å². The summed E-state index contributed by atoms with van der Waals surface area (Å²) in [5.74, 6) is 2.54. The fraction of sp³-hybridized carbons (Fsp3) is 0.588. The molecule has 4 aliphatic carbocycles. The molecule has 4 heteroatoms. The van der Waals surface area contributed by atoms with Crippen LogP contribution in [0.5, 0.6) is 0 Å². The number of halogens is 2. The van der Waals surface area contributed by atoms with Crippen molar-refractivity contribution in [3.8, 4) is 0 Å². The van der Waals surface area contributed by atoms with Gasteiger partial charge < -0.3 is 5.32 Å². The van der Waals surface area contributed by atoms with Crippen molar-refractivity contribution in [1.29, 1.82) is 0 Å². The molecule has 4 aliphatic rings. The summed E-state index contributed by atoms with van der Waals surface area (Å²) in [7, 11) is 0. The maximum Gasteiger partial charge on any atom is 0.251 e. The van der Waals surface area contributed by atoms with E-state index in [1.807, 2.05) is 12.1 Å². The van der Waals surface area contributed by atoms with E-state index in [-0.39, 0.29) is 11.4 Å². The standard InChI is InChI=1S/C17H19BrClNO/c18-14-4-13(5-15(19)6-14)16(21)20-17-7-10-1-11(8-17)3-12(2-10)9-17/h4-6,10-12H,1-3,7-9H2,(H,20,21). The molecule has 112 valence electrons. The van der Waals surface area contributed by atoms with Gasteiger partial charge in [-0.25, -0.2) is 0 Å². The zero-order valence-corrected chi connectivity index (χ0v) is 14.2. The van der Waals surface area contributed by atoms with Gasteiger partial charge in [0.05, 0.1) is 0 Å². The summed E-state index contributed by atoms with van der Waals surface area (Å²) in [5, 5.41) is 3.97. The largest absolute Gasteiger partial charge is 0.347 e. The van der Waals surface area contributed by atoms with Crippen LogP contribution in [0.3, 0.4) is 0 Å². The normalized spacial score (nSPS) is 36.8. The Balaban J connectivity index is 1.56. The summed E-state index contributed by atoms with van der Waals surface area (Å²) < 4.78 is 0.852. The summed E-state index contributed by atoms with van der Waals surface area (Å²) in [5.41, 5.74) is 0.714. The van der Waals surface area contributed by atoms with Crippen molar-refractivity contribution in [1.82, 2.24) is 5.32 Å². The Morgan fingerprint density at radius 1 is 1.10 bits per heavy atom. The summed E-state index contributed by atoms with van der Waals surface area (Å²) >= 11 is 9.47. The lowest BCUT2D eigenvalue weighted by Crippen LogP contribution is -2.59. The van der Waals surface area contributed by atoms with Crippen LogP contribution in [-0.2, 0) is 0 Å². The molecule has 5 rings (SSSR count). The molecular weight excluding hydrogens is 350 g/mol. The van der Waals surface area contributed by atoms with Crippen LogP contribution in [0.1, 0.15) is 48.9 Å². The Morgan fingerprint density at radius 3 is 2.19 bits per heavy atom. The molecule has 21 heavy (non-hydrogen) atoms. The molecule has 0 aliphatic heterocycles. The van der Waals surface area contributed by atoms with Gasteiger partial charge in [-0.15, -0.1) is 0 Å². The maximum atomic E-state index is 12.6. The Bertz CT molecular complexity index is 545. The predicted molar refractivity (Wildman–Crippen MR) is 87.5 cm³/mol. The molecule has 0 saturated heterocycles. The van der Waals surface area contributed by atoms with Crippen molar-refractivity contribution >= 4 is 33.4 Å². The van der Waals surface area contributed by atoms with Crippen molar-refractivity contribution in [2.75, 3.05) is 0 Å². The van der Waals surface area contributed by atoms with E-state index in [0.717, 1.165) is 22.2 Å². The minimum atomic E-state index is 0.0279. The first-order valence-electron chi connectivity index (χ1n) is 7.80. The van der Waals surface area contributed by atoms with Gasteiger partial charge in [0.15, 0.2) is 0 Å². The molecule has 2 nitrogen and oxygen atoms in total. The molecule has 1 amide bonds. The van der Waals surface area contributed by atoms with Gasteiger partial charge in [-0.3, -0.25) is 4.79 Å². The van der Waals surface area contributed by atoms with E-state index in [2.05, 4.69) is 21.2 Å². The average Bonchev–Trinajstić information content (AvgIpc) is 2.35. The van der Waals surface area contributed by atoms with Crippen LogP contribution in [0.4, 0.5) is 0 Å². The van der Waals surface area contributed by atoms with E-state index >= 15 is 0 Å². The summed E-state index contributed by atoms with van der Waals surface area (Å²) in [6, 6.07) is 5.41. The van der Waals surface area contributed by atoms with Gasteiger partial charge in [-0.2, -0.15) is 0 Å². The molecule has 0 aromatic heterocycles. The highest BCUT2D eigenvalue weighted by atomic mass is 79.9. The average molecular weight is 369 g/mol. The molecule has 0 unspecified atom stereocenters. The van der Waals surface area contributed by atoms with E-state index in [9.17, 15) is 4.79 Å². The van der Waals surface area contributed by atoms with E-state index in [0.29, 0.717) is 10.6 Å². The molecule has 4 bridgehead atoms. The molecule has 4 fully saturated rings. The fourth-order valence-electron chi connectivity index (χ4n) is 5.26. The van der Waals surface area contributed by atoms with Gasteiger partial charge in [0.1, 0.15) is 0 Å². The molecule has 0 heterocycles. The van der Waals surface area contributed by atoms with Gasteiger partial charge in [-0.1, -0.05) is 27.5 Å². The SMILES string of the molecule is O=C(NC12CC3CC(CC(C3)C1)C2)c1cc(Cl)cc(Br)c1. The number of carbonyl (C=O) groups is 1. The molecule has 1 N–H and O–H groups in total. The summed E-state index contributed by atoms with van der Waals surface area (Å²) in [6.45, 7) is 0. The van der Waals surface area contributed by atoms with Gasteiger partial charge in [0.25, 0.3) is 5.91 Å². The van der Waals surface area contributed by atoms with E-state index in [1.54, 1.807) is 6.07 Å². The van der Waals surface area contributed by atoms with E-state index in [4.69, 9.17) is 11.6 Å². The van der Waals surface area contributed by atoms with Crippen molar-refractivity contribution in [2.24, 2.45) is 17.8 Å². The first-order chi connectivity index (χ1) is 10.0. The third-order valence-corrected chi connectivity index (χ3v) is 6.22. The minimum absolute atomic E-state index is 0.0279. The fourth-order valence-corrected chi connectivity index (χ4v) is 6.12. The molecule has 4 saturated carbocycles.